The lowest BCUT2D eigenvalue weighted by molar-refractivity contribution is -0.174. The zero-order valence-corrected chi connectivity index (χ0v) is 43.2. The van der Waals surface area contributed by atoms with Crippen molar-refractivity contribution in [2.75, 3.05) is 26.3 Å². The maximum Gasteiger partial charge on any atom is 0.471 e. The molecule has 7 rings (SSSR count). The number of rotatable bonds is 18. The molecule has 2 amide bonds. The Morgan fingerprint density at radius 1 is 0.657 bits per heavy atom. The normalized spacial score (nSPS) is 17.3. The molecule has 368 valence electrons. The molecule has 1 unspecified atom stereocenters. The molecule has 1 aliphatic heterocycles. The number of alkyl carbamates (subject to hydrolysis) is 1. The van der Waals surface area contributed by atoms with Crippen LogP contribution in [0.5, 0.6) is 0 Å². The van der Waals surface area contributed by atoms with Gasteiger partial charge in [0, 0.05) is 48.2 Å². The van der Waals surface area contributed by atoms with Crippen LogP contribution in [-0.2, 0) is 24.3 Å². The van der Waals surface area contributed by atoms with Gasteiger partial charge in [0.25, 0.3) is 8.32 Å². The lowest BCUT2D eigenvalue weighted by Gasteiger charge is -2.57. The zero-order chi connectivity index (χ0) is 50.2. The number of hydrogen-bond donors (Lipinski definition) is 2. The molecule has 1 aliphatic rings. The highest BCUT2D eigenvalue weighted by molar-refractivity contribution is 9.10. The largest absolute Gasteiger partial charge is 0.471 e. The van der Waals surface area contributed by atoms with Crippen LogP contribution in [0.4, 0.5) is 18.0 Å². The van der Waals surface area contributed by atoms with Gasteiger partial charge >= 0.3 is 18.2 Å². The summed E-state index contributed by atoms with van der Waals surface area (Å²) in [6.07, 6.45) is -5.41. The molecule has 1 saturated heterocycles. The number of carbonyl (C=O) groups is 2. The van der Waals surface area contributed by atoms with Gasteiger partial charge in [-0.2, -0.15) is 13.2 Å². The van der Waals surface area contributed by atoms with Gasteiger partial charge in [-0.1, -0.05) is 200 Å². The van der Waals surface area contributed by atoms with E-state index in [1.54, 1.807) is 20.8 Å². The summed E-state index contributed by atoms with van der Waals surface area (Å²) in [5.74, 6) is -2.45. The zero-order valence-electron chi connectivity index (χ0n) is 40.6. The smallest absolute Gasteiger partial charge is 0.444 e. The van der Waals surface area contributed by atoms with Gasteiger partial charge in [-0.15, -0.1) is 0 Å². The van der Waals surface area contributed by atoms with Crippen molar-refractivity contribution in [3.63, 3.8) is 0 Å². The Balaban J connectivity index is 1.31. The first-order chi connectivity index (χ1) is 33.3. The molecule has 0 radical (unpaired) electrons. The Kier molecular flexibility index (Phi) is 16.6. The van der Waals surface area contributed by atoms with Gasteiger partial charge in [0.1, 0.15) is 11.2 Å². The summed E-state index contributed by atoms with van der Waals surface area (Å²) in [5.41, 5.74) is 1.58. The van der Waals surface area contributed by atoms with E-state index in [2.05, 4.69) is 76.5 Å². The number of nitrogens with one attached hydrogen (secondary N) is 2. The maximum atomic E-state index is 13.9. The third-order valence-corrected chi connectivity index (χ3v) is 18.6. The standard InChI is InChI=1S/C57H63BrF3N3O5Si/c1-54(2,3)69-53(66)63-46(36-37-68-70(55(4,5)6,47-28-18-10-19-29-47)48-30-20-11-21-31-48)39-64-49(38-62-52(65)57(59,60)61)51(41-32-34-45(58)35-33-41)50(64)40-67-56(42-22-12-7-13-23-42,43-24-14-8-15-25-43)44-26-16-9-17-27-44/h7-35,46,49-51H,36-40H2,1-6H3,(H,62,65)(H,63,66)/t46?,49-,50+,51+/m0/s1. The SMILES string of the molecule is CC(C)(C)OC(=O)NC(CCO[Si](c1ccccc1)(c1ccccc1)C(C)(C)C)CN1[C@H](COC(c2ccccc2)(c2ccccc2)c2ccccc2)[C@H](c2ccc(Br)cc2)[C@@H]1CNC(=O)C(F)(F)F. The van der Waals surface area contributed by atoms with E-state index in [-0.39, 0.29) is 31.3 Å². The van der Waals surface area contributed by atoms with E-state index in [0.717, 1.165) is 37.1 Å². The summed E-state index contributed by atoms with van der Waals surface area (Å²) < 4.78 is 63.3. The molecule has 1 heterocycles. The molecule has 6 aromatic rings. The Morgan fingerprint density at radius 2 is 1.11 bits per heavy atom. The fourth-order valence-electron chi connectivity index (χ4n) is 9.99. The van der Waals surface area contributed by atoms with Crippen LogP contribution in [0.25, 0.3) is 0 Å². The number of carbonyl (C=O) groups excluding carboxylic acids is 2. The van der Waals surface area contributed by atoms with Gasteiger partial charge in [0.15, 0.2) is 0 Å². The second kappa shape index (κ2) is 22.2. The lowest BCUT2D eigenvalue weighted by atomic mass is 9.74. The van der Waals surface area contributed by atoms with Crippen LogP contribution >= 0.6 is 15.9 Å². The van der Waals surface area contributed by atoms with Crippen molar-refractivity contribution in [3.8, 4) is 0 Å². The first-order valence-electron chi connectivity index (χ1n) is 23.7. The van der Waals surface area contributed by atoms with E-state index in [4.69, 9.17) is 13.9 Å². The lowest BCUT2D eigenvalue weighted by Crippen LogP contribution is -2.70. The van der Waals surface area contributed by atoms with E-state index in [0.29, 0.717) is 6.42 Å². The molecular formula is C57H63BrF3N3O5Si. The Morgan fingerprint density at radius 3 is 1.54 bits per heavy atom. The number of halogens is 4. The van der Waals surface area contributed by atoms with E-state index in [9.17, 15) is 22.8 Å². The number of nitrogens with zero attached hydrogens (tertiary/aromatic N) is 1. The molecule has 2 N–H and O–H groups in total. The summed E-state index contributed by atoms with van der Waals surface area (Å²) >= 11 is 3.56. The molecule has 0 bridgehead atoms. The highest BCUT2D eigenvalue weighted by Gasteiger charge is 2.53. The van der Waals surface area contributed by atoms with Crippen molar-refractivity contribution in [2.45, 2.75) is 94.4 Å². The monoisotopic (exact) mass is 1030 g/mol. The molecule has 6 aromatic carbocycles. The van der Waals surface area contributed by atoms with Crippen LogP contribution in [0.3, 0.4) is 0 Å². The number of hydrogen-bond acceptors (Lipinski definition) is 6. The van der Waals surface area contributed by atoms with Crippen molar-refractivity contribution in [1.29, 1.82) is 0 Å². The van der Waals surface area contributed by atoms with Crippen molar-refractivity contribution >= 4 is 46.6 Å². The summed E-state index contributed by atoms with van der Waals surface area (Å²) in [4.78, 5) is 28.5. The Hall–Kier alpha value is -5.57. The summed E-state index contributed by atoms with van der Waals surface area (Å²) in [7, 11) is -3.02. The molecule has 0 saturated carbocycles. The number of amides is 2. The minimum Gasteiger partial charge on any atom is -0.444 e. The summed E-state index contributed by atoms with van der Waals surface area (Å²) in [6.45, 7) is 12.1. The quantitative estimate of drug-likeness (QED) is 0.0659. The second-order valence-corrected chi connectivity index (χ2v) is 25.1. The molecule has 0 spiro atoms. The van der Waals surface area contributed by atoms with Crippen molar-refractivity contribution < 1.29 is 36.7 Å². The van der Waals surface area contributed by atoms with Gasteiger partial charge < -0.3 is 24.5 Å². The van der Waals surface area contributed by atoms with Crippen LogP contribution in [-0.4, -0.2) is 81.4 Å². The van der Waals surface area contributed by atoms with E-state index < -0.39 is 61.7 Å². The third-order valence-electron chi connectivity index (χ3n) is 13.0. The average molecular weight is 1040 g/mol. The minimum atomic E-state index is -5.09. The molecular weight excluding hydrogens is 972 g/mol. The van der Waals surface area contributed by atoms with Crippen LogP contribution in [0.15, 0.2) is 180 Å². The van der Waals surface area contributed by atoms with Gasteiger partial charge in [-0.25, -0.2) is 4.79 Å². The topological polar surface area (TPSA) is 89.1 Å². The number of alkyl halides is 3. The molecule has 0 aliphatic carbocycles. The Bertz CT molecular complexity index is 2460. The summed E-state index contributed by atoms with van der Waals surface area (Å²) in [6, 6.07) is 56.4. The van der Waals surface area contributed by atoms with Gasteiger partial charge in [-0.05, 0) is 77.0 Å². The fourth-order valence-corrected chi connectivity index (χ4v) is 14.8. The number of ether oxygens (including phenoxy) is 2. The molecule has 13 heteroatoms. The van der Waals surface area contributed by atoms with Crippen molar-refractivity contribution in [2.24, 2.45) is 0 Å². The summed E-state index contributed by atoms with van der Waals surface area (Å²) in [5, 5.41) is 7.22. The van der Waals surface area contributed by atoms with Crippen molar-refractivity contribution in [3.05, 3.63) is 203 Å². The Labute approximate surface area is 420 Å². The molecule has 0 aromatic heterocycles. The maximum absolute atomic E-state index is 13.9. The van der Waals surface area contributed by atoms with Crippen LogP contribution in [0.1, 0.15) is 76.1 Å². The second-order valence-electron chi connectivity index (χ2n) is 19.9. The predicted octanol–water partition coefficient (Wildman–Crippen LogP) is 11.1. The molecule has 8 nitrogen and oxygen atoms in total. The highest BCUT2D eigenvalue weighted by atomic mass is 79.9. The van der Waals surface area contributed by atoms with E-state index in [1.807, 2.05) is 152 Å². The minimum absolute atomic E-state index is 0.0981. The fraction of sp³-hybridized carbons (Fsp3) is 0.333. The van der Waals surface area contributed by atoms with Crippen LogP contribution in [0, 0.1) is 0 Å². The van der Waals surface area contributed by atoms with E-state index in [1.165, 1.54) is 0 Å². The third kappa shape index (κ3) is 11.9. The van der Waals surface area contributed by atoms with Gasteiger partial charge in [-0.3, -0.25) is 9.69 Å². The molecule has 1 fully saturated rings. The molecule has 70 heavy (non-hydrogen) atoms. The number of benzene rings is 6. The predicted molar refractivity (Wildman–Crippen MR) is 277 cm³/mol. The molecule has 4 atom stereocenters. The van der Waals surface area contributed by atoms with Crippen molar-refractivity contribution in [1.82, 2.24) is 15.5 Å². The van der Waals surface area contributed by atoms with E-state index >= 15 is 0 Å². The average Bonchev–Trinajstić information content (AvgIpc) is 3.33. The number of likely N-dealkylation sites (tertiary alicyclic amines) is 1. The van der Waals surface area contributed by atoms with Crippen LogP contribution in [0.2, 0.25) is 5.04 Å². The first-order valence-corrected chi connectivity index (χ1v) is 26.4. The van der Waals surface area contributed by atoms with Gasteiger partial charge in [0.05, 0.1) is 6.61 Å². The highest BCUT2D eigenvalue weighted by Crippen LogP contribution is 2.46. The van der Waals surface area contributed by atoms with Crippen LogP contribution < -0.4 is 21.0 Å². The van der Waals surface area contributed by atoms with Gasteiger partial charge in [0.2, 0.25) is 0 Å². The first kappa shape index (κ1) is 52.3.